The molecule has 1 aliphatic rings. The van der Waals surface area contributed by atoms with Crippen LogP contribution >= 0.6 is 0 Å². The molecule has 1 aromatic heterocycles. The standard InChI is InChI=1S/C19H24N4O/c1-2-24-18-15(9-6-12-21-18)13-22-19(20)23-17-11-5-8-14-7-3-4-10-16(14)17/h5-6,8-9,11-12H,2-4,7,10,13H2,1H3,(H3,20,22,23). The van der Waals surface area contributed by atoms with Crippen molar-refractivity contribution in [2.24, 2.45) is 10.7 Å². The van der Waals surface area contributed by atoms with Crippen molar-refractivity contribution in [1.29, 1.82) is 0 Å². The van der Waals surface area contributed by atoms with Gasteiger partial charge in [0.2, 0.25) is 5.88 Å². The van der Waals surface area contributed by atoms with Gasteiger partial charge in [0.25, 0.3) is 0 Å². The summed E-state index contributed by atoms with van der Waals surface area (Å²) in [6, 6.07) is 10.2. The zero-order valence-electron chi connectivity index (χ0n) is 14.1. The molecule has 0 saturated carbocycles. The van der Waals surface area contributed by atoms with E-state index in [0.717, 1.165) is 24.1 Å². The molecule has 1 aromatic carbocycles. The summed E-state index contributed by atoms with van der Waals surface area (Å²) >= 11 is 0. The van der Waals surface area contributed by atoms with E-state index in [1.54, 1.807) is 6.20 Å². The van der Waals surface area contributed by atoms with Gasteiger partial charge in [0.05, 0.1) is 13.2 Å². The number of aliphatic imine (C=N–C) groups is 1. The van der Waals surface area contributed by atoms with Gasteiger partial charge in [0.15, 0.2) is 5.96 Å². The lowest BCUT2D eigenvalue weighted by Gasteiger charge is -2.19. The van der Waals surface area contributed by atoms with Crippen LogP contribution in [0.3, 0.4) is 0 Å². The molecule has 1 heterocycles. The predicted octanol–water partition coefficient (Wildman–Crippen LogP) is 3.29. The van der Waals surface area contributed by atoms with Gasteiger partial charge in [0, 0.05) is 17.4 Å². The van der Waals surface area contributed by atoms with Crippen LogP contribution in [0.25, 0.3) is 0 Å². The highest BCUT2D eigenvalue weighted by Gasteiger charge is 2.13. The number of rotatable bonds is 5. The average molecular weight is 324 g/mol. The number of hydrogen-bond acceptors (Lipinski definition) is 3. The molecule has 1 aliphatic carbocycles. The quantitative estimate of drug-likeness (QED) is 0.654. The molecule has 0 spiro atoms. The van der Waals surface area contributed by atoms with E-state index < -0.39 is 0 Å². The van der Waals surface area contributed by atoms with Gasteiger partial charge in [-0.2, -0.15) is 0 Å². The zero-order valence-corrected chi connectivity index (χ0v) is 14.1. The van der Waals surface area contributed by atoms with E-state index in [4.69, 9.17) is 10.5 Å². The van der Waals surface area contributed by atoms with E-state index in [9.17, 15) is 0 Å². The Labute approximate surface area is 143 Å². The Morgan fingerprint density at radius 2 is 2.12 bits per heavy atom. The summed E-state index contributed by atoms with van der Waals surface area (Å²) in [6.07, 6.45) is 6.46. The smallest absolute Gasteiger partial charge is 0.218 e. The molecule has 0 aliphatic heterocycles. The Morgan fingerprint density at radius 3 is 3.00 bits per heavy atom. The predicted molar refractivity (Wildman–Crippen MR) is 97.4 cm³/mol. The molecular formula is C19H24N4O. The van der Waals surface area contributed by atoms with Gasteiger partial charge in [-0.25, -0.2) is 9.98 Å². The largest absolute Gasteiger partial charge is 0.478 e. The topological polar surface area (TPSA) is 72.5 Å². The molecule has 5 heteroatoms. The molecule has 0 fully saturated rings. The fourth-order valence-electron chi connectivity index (χ4n) is 3.06. The molecule has 3 N–H and O–H groups in total. The Bertz CT molecular complexity index is 727. The summed E-state index contributed by atoms with van der Waals surface area (Å²) in [5.74, 6) is 1.04. The maximum Gasteiger partial charge on any atom is 0.218 e. The fourth-order valence-corrected chi connectivity index (χ4v) is 3.06. The Hall–Kier alpha value is -2.56. The van der Waals surface area contributed by atoms with Crippen molar-refractivity contribution < 1.29 is 4.74 Å². The summed E-state index contributed by atoms with van der Waals surface area (Å²) < 4.78 is 5.52. The van der Waals surface area contributed by atoms with Gasteiger partial charge in [-0.1, -0.05) is 18.2 Å². The highest BCUT2D eigenvalue weighted by atomic mass is 16.5. The first-order valence-corrected chi connectivity index (χ1v) is 8.52. The number of nitrogens with zero attached hydrogens (tertiary/aromatic N) is 2. The second kappa shape index (κ2) is 7.81. The number of fused-ring (bicyclic) bond motifs is 1. The van der Waals surface area contributed by atoms with E-state index in [1.807, 2.05) is 19.1 Å². The Kier molecular flexibility index (Phi) is 5.31. The number of guanidine groups is 1. The molecule has 126 valence electrons. The van der Waals surface area contributed by atoms with Gasteiger partial charge in [-0.15, -0.1) is 0 Å². The van der Waals surface area contributed by atoms with E-state index in [-0.39, 0.29) is 0 Å². The Balaban J connectivity index is 1.72. The number of ether oxygens (including phenoxy) is 1. The van der Waals surface area contributed by atoms with Crippen molar-refractivity contribution >= 4 is 11.6 Å². The fraction of sp³-hybridized carbons (Fsp3) is 0.368. The number of benzene rings is 1. The first kappa shape index (κ1) is 16.3. The molecule has 0 saturated heterocycles. The lowest BCUT2D eigenvalue weighted by atomic mass is 9.90. The van der Waals surface area contributed by atoms with Crippen molar-refractivity contribution in [2.45, 2.75) is 39.2 Å². The van der Waals surface area contributed by atoms with Crippen LogP contribution in [-0.2, 0) is 19.4 Å². The number of anilines is 1. The number of aryl methyl sites for hydroxylation is 1. The molecule has 0 radical (unpaired) electrons. The molecule has 2 aromatic rings. The molecule has 5 nitrogen and oxygen atoms in total. The van der Waals surface area contributed by atoms with Crippen LogP contribution in [0.1, 0.15) is 36.5 Å². The number of aromatic nitrogens is 1. The maximum absolute atomic E-state index is 6.09. The van der Waals surface area contributed by atoms with E-state index in [0.29, 0.717) is 25.0 Å². The summed E-state index contributed by atoms with van der Waals surface area (Å²) in [5.41, 5.74) is 10.9. The van der Waals surface area contributed by atoms with Crippen LogP contribution in [0.15, 0.2) is 41.5 Å². The number of pyridine rings is 1. The highest BCUT2D eigenvalue weighted by Crippen LogP contribution is 2.27. The monoisotopic (exact) mass is 324 g/mol. The van der Waals surface area contributed by atoms with Gasteiger partial charge in [0.1, 0.15) is 0 Å². The van der Waals surface area contributed by atoms with Crippen molar-refractivity contribution in [3.05, 3.63) is 53.2 Å². The van der Waals surface area contributed by atoms with Crippen molar-refractivity contribution in [1.82, 2.24) is 4.98 Å². The highest BCUT2D eigenvalue weighted by molar-refractivity contribution is 5.93. The molecule has 0 unspecified atom stereocenters. The molecule has 3 rings (SSSR count). The van der Waals surface area contributed by atoms with Gasteiger partial charge < -0.3 is 15.8 Å². The third-order valence-electron chi connectivity index (χ3n) is 4.21. The van der Waals surface area contributed by atoms with Crippen LogP contribution in [0, 0.1) is 0 Å². The summed E-state index contributed by atoms with van der Waals surface area (Å²) in [6.45, 7) is 2.96. The second-order valence-electron chi connectivity index (χ2n) is 5.88. The summed E-state index contributed by atoms with van der Waals surface area (Å²) in [7, 11) is 0. The van der Waals surface area contributed by atoms with E-state index >= 15 is 0 Å². The first-order valence-electron chi connectivity index (χ1n) is 8.52. The third kappa shape index (κ3) is 3.85. The first-order chi connectivity index (χ1) is 11.8. The van der Waals surface area contributed by atoms with Crippen molar-refractivity contribution in [3.63, 3.8) is 0 Å². The molecule has 24 heavy (non-hydrogen) atoms. The number of hydrogen-bond donors (Lipinski definition) is 2. The summed E-state index contributed by atoms with van der Waals surface area (Å²) in [4.78, 5) is 8.68. The van der Waals surface area contributed by atoms with Crippen LogP contribution in [0.2, 0.25) is 0 Å². The van der Waals surface area contributed by atoms with Gasteiger partial charge in [-0.05, 0) is 55.9 Å². The molecule has 0 amide bonds. The van der Waals surface area contributed by atoms with E-state index in [2.05, 4.69) is 33.5 Å². The summed E-state index contributed by atoms with van der Waals surface area (Å²) in [5, 5.41) is 3.26. The lowest BCUT2D eigenvalue weighted by Crippen LogP contribution is -2.24. The van der Waals surface area contributed by atoms with Gasteiger partial charge in [-0.3, -0.25) is 0 Å². The minimum absolute atomic E-state index is 0.417. The van der Waals surface area contributed by atoms with E-state index in [1.165, 1.54) is 24.0 Å². The van der Waals surface area contributed by atoms with Gasteiger partial charge >= 0.3 is 0 Å². The van der Waals surface area contributed by atoms with Crippen LogP contribution in [0.4, 0.5) is 5.69 Å². The lowest BCUT2D eigenvalue weighted by molar-refractivity contribution is 0.323. The minimum Gasteiger partial charge on any atom is -0.478 e. The van der Waals surface area contributed by atoms with Crippen molar-refractivity contribution in [2.75, 3.05) is 11.9 Å². The molecule has 0 bridgehead atoms. The maximum atomic E-state index is 6.09. The Morgan fingerprint density at radius 1 is 1.25 bits per heavy atom. The zero-order chi connectivity index (χ0) is 16.8. The number of nitrogens with two attached hydrogens (primary N) is 1. The molecular weight excluding hydrogens is 300 g/mol. The minimum atomic E-state index is 0.417. The van der Waals surface area contributed by atoms with Crippen LogP contribution in [0.5, 0.6) is 5.88 Å². The van der Waals surface area contributed by atoms with Crippen LogP contribution < -0.4 is 15.8 Å². The van der Waals surface area contributed by atoms with Crippen molar-refractivity contribution in [3.8, 4) is 5.88 Å². The van der Waals surface area contributed by atoms with Crippen LogP contribution in [-0.4, -0.2) is 17.6 Å². The SMILES string of the molecule is CCOc1ncccc1CN=C(N)Nc1cccc2c1CCCC2. The molecule has 0 atom stereocenters. The normalized spacial score (nSPS) is 14.1. The third-order valence-corrected chi connectivity index (χ3v) is 4.21. The average Bonchev–Trinajstić information content (AvgIpc) is 2.62. The number of nitrogens with one attached hydrogen (secondary N) is 1. The second-order valence-corrected chi connectivity index (χ2v) is 5.88.